The van der Waals surface area contributed by atoms with Gasteiger partial charge in [-0.1, -0.05) is 77.6 Å². The largest absolute Gasteiger partial charge is 0.296 e. The zero-order valence-corrected chi connectivity index (χ0v) is 21.6. The lowest BCUT2D eigenvalue weighted by Crippen LogP contribution is -2.28. The highest BCUT2D eigenvalue weighted by molar-refractivity contribution is 7.15. The van der Waals surface area contributed by atoms with Crippen LogP contribution in [0.1, 0.15) is 27.9 Å². The summed E-state index contributed by atoms with van der Waals surface area (Å²) in [6, 6.07) is 25.6. The molecule has 0 unspecified atom stereocenters. The molecule has 6 aromatic rings. The predicted molar refractivity (Wildman–Crippen MR) is 150 cm³/mol. The molecule has 0 amide bonds. The van der Waals surface area contributed by atoms with Gasteiger partial charge < -0.3 is 0 Å². The van der Waals surface area contributed by atoms with Crippen molar-refractivity contribution < 1.29 is 0 Å². The molecule has 0 spiro atoms. The van der Waals surface area contributed by atoms with Crippen molar-refractivity contribution in [3.05, 3.63) is 138 Å². The van der Waals surface area contributed by atoms with Crippen LogP contribution in [0, 0.1) is 13.8 Å². The highest BCUT2D eigenvalue weighted by Crippen LogP contribution is 2.28. The number of nitrogens with zero attached hydrogens (tertiary/aromatic N) is 5. The second-order valence-electron chi connectivity index (χ2n) is 9.17. The quantitative estimate of drug-likeness (QED) is 0.344. The number of thiazole rings is 1. The van der Waals surface area contributed by atoms with Crippen LogP contribution in [0.15, 0.2) is 94.6 Å². The van der Waals surface area contributed by atoms with E-state index >= 15 is 0 Å². The number of hydrogen-bond donors (Lipinski definition) is 0. The fourth-order valence-corrected chi connectivity index (χ4v) is 5.28. The van der Waals surface area contributed by atoms with E-state index in [1.54, 1.807) is 0 Å². The van der Waals surface area contributed by atoms with Gasteiger partial charge in [-0.2, -0.15) is 19.7 Å². The monoisotopic (exact) mass is 517 g/mol. The molecule has 0 aliphatic heterocycles. The van der Waals surface area contributed by atoms with Crippen LogP contribution in [0.2, 0.25) is 0 Å². The van der Waals surface area contributed by atoms with Crippen molar-refractivity contribution in [1.29, 1.82) is 0 Å². The lowest BCUT2D eigenvalue weighted by Gasteiger charge is -2.05. The van der Waals surface area contributed by atoms with E-state index in [2.05, 4.69) is 28.3 Å². The van der Waals surface area contributed by atoms with Crippen molar-refractivity contribution in [2.24, 2.45) is 0 Å². The van der Waals surface area contributed by atoms with E-state index in [0.29, 0.717) is 11.0 Å². The summed E-state index contributed by atoms with van der Waals surface area (Å²) in [6.45, 7) is 4.09. The fraction of sp³-hybridized carbons (Fsp3) is 0.100. The van der Waals surface area contributed by atoms with Crippen molar-refractivity contribution in [1.82, 2.24) is 24.4 Å². The van der Waals surface area contributed by atoms with Gasteiger partial charge in [-0.15, -0.1) is 0 Å². The normalized spacial score (nSPS) is 11.9. The summed E-state index contributed by atoms with van der Waals surface area (Å²) < 4.78 is 3.48. The summed E-state index contributed by atoms with van der Waals surface area (Å²) in [5.74, 6) is 0. The maximum atomic E-state index is 13.4. The number of benzene rings is 3. The van der Waals surface area contributed by atoms with E-state index in [0.717, 1.165) is 50.5 Å². The molecule has 3 aromatic heterocycles. The third-order valence-corrected chi connectivity index (χ3v) is 7.32. The first-order valence-electron chi connectivity index (χ1n) is 12.2. The van der Waals surface area contributed by atoms with Crippen LogP contribution in [0.5, 0.6) is 0 Å². The van der Waals surface area contributed by atoms with E-state index in [1.165, 1.54) is 4.52 Å². The van der Waals surface area contributed by atoms with E-state index < -0.39 is 5.56 Å². The van der Waals surface area contributed by atoms with Gasteiger partial charge >= 0.3 is 0 Å². The molecule has 38 heavy (non-hydrogen) atoms. The Morgan fingerprint density at radius 2 is 1.63 bits per heavy atom. The molecular weight excluding hydrogens is 494 g/mol. The van der Waals surface area contributed by atoms with Crippen molar-refractivity contribution in [2.75, 3.05) is 0 Å². The molecule has 0 aliphatic rings. The van der Waals surface area contributed by atoms with E-state index in [4.69, 9.17) is 5.10 Å². The summed E-state index contributed by atoms with van der Waals surface area (Å²) in [7, 11) is 0. The molecule has 0 N–H and O–H groups in total. The van der Waals surface area contributed by atoms with Gasteiger partial charge in [-0.05, 0) is 49.2 Å². The first kappa shape index (κ1) is 23.7. The minimum absolute atomic E-state index is 0.239. The first-order valence-corrected chi connectivity index (χ1v) is 13.0. The summed E-state index contributed by atoms with van der Waals surface area (Å²) in [5.41, 5.74) is 6.11. The molecule has 186 valence electrons. The third-order valence-electron chi connectivity index (χ3n) is 6.36. The molecule has 0 fully saturated rings. The van der Waals surface area contributed by atoms with Crippen LogP contribution in [0.4, 0.5) is 0 Å². The molecule has 7 nitrogen and oxygen atoms in total. The molecule has 6 rings (SSSR count). The van der Waals surface area contributed by atoms with Gasteiger partial charge in [0.1, 0.15) is 11.4 Å². The molecular formula is C30H23N5O2S. The lowest BCUT2D eigenvalue weighted by molar-refractivity contribution is 0.811. The smallest absolute Gasteiger partial charge is 0.266 e. The Morgan fingerprint density at radius 1 is 0.895 bits per heavy atom. The van der Waals surface area contributed by atoms with Crippen LogP contribution in [-0.4, -0.2) is 24.4 Å². The summed E-state index contributed by atoms with van der Waals surface area (Å²) >= 11 is 1.15. The molecule has 3 heterocycles. The van der Waals surface area contributed by atoms with Gasteiger partial charge in [0, 0.05) is 23.7 Å². The van der Waals surface area contributed by atoms with Gasteiger partial charge in [-0.3, -0.25) is 9.59 Å². The molecule has 3 aromatic carbocycles. The van der Waals surface area contributed by atoms with Crippen molar-refractivity contribution in [3.63, 3.8) is 0 Å². The minimum atomic E-state index is -0.422. The van der Waals surface area contributed by atoms with Crippen molar-refractivity contribution in [3.8, 4) is 16.9 Å². The van der Waals surface area contributed by atoms with Gasteiger partial charge in [0.15, 0.2) is 0 Å². The topological polar surface area (TPSA) is 82.2 Å². The first-order chi connectivity index (χ1) is 18.5. The van der Waals surface area contributed by atoms with Crippen molar-refractivity contribution >= 4 is 22.4 Å². The molecule has 0 atom stereocenters. The maximum Gasteiger partial charge on any atom is 0.296 e. The zero-order chi connectivity index (χ0) is 26.2. The SMILES string of the molecule is Cc1ccc(C)c(-c2nn(-c3ccccc3)cc2/C=c2\sc3nc(=O)c(Cc4ccccc4)nn3c2=O)c1. The Bertz CT molecular complexity index is 1960. The van der Waals surface area contributed by atoms with Gasteiger partial charge in [0.2, 0.25) is 4.96 Å². The maximum absolute atomic E-state index is 13.4. The Balaban J connectivity index is 1.52. The minimum Gasteiger partial charge on any atom is -0.266 e. The molecule has 8 heteroatoms. The van der Waals surface area contributed by atoms with Gasteiger partial charge in [-0.25, -0.2) is 4.68 Å². The zero-order valence-electron chi connectivity index (χ0n) is 20.8. The number of hydrogen-bond acceptors (Lipinski definition) is 6. The Labute approximate surface area is 222 Å². The molecule has 0 saturated heterocycles. The molecule has 0 saturated carbocycles. The van der Waals surface area contributed by atoms with E-state index in [-0.39, 0.29) is 16.2 Å². The van der Waals surface area contributed by atoms with E-state index in [9.17, 15) is 9.59 Å². The average molecular weight is 518 g/mol. The standard InChI is InChI=1S/C30H23N5O2S/c1-19-13-14-20(2)24(15-19)27-22(18-34(33-27)23-11-7-4-8-12-23)17-26-29(37)35-30(38-26)31-28(36)25(32-35)16-21-9-5-3-6-10-21/h3-15,17-18H,16H2,1-2H3/b26-17-. The Hall–Kier alpha value is -4.69. The highest BCUT2D eigenvalue weighted by Gasteiger charge is 2.16. The number of para-hydroxylation sites is 1. The second-order valence-corrected chi connectivity index (χ2v) is 10.2. The van der Waals surface area contributed by atoms with E-state index in [1.807, 2.05) is 91.5 Å². The summed E-state index contributed by atoms with van der Waals surface area (Å²) in [4.78, 5) is 30.5. The second kappa shape index (κ2) is 9.64. The van der Waals surface area contributed by atoms with Gasteiger partial charge in [0.25, 0.3) is 11.1 Å². The predicted octanol–water partition coefficient (Wildman–Crippen LogP) is 4.12. The summed E-state index contributed by atoms with van der Waals surface area (Å²) in [5, 5.41) is 9.30. The molecule has 0 bridgehead atoms. The molecule has 0 aliphatic carbocycles. The van der Waals surface area contributed by atoms with Crippen LogP contribution in [0.3, 0.4) is 0 Å². The third kappa shape index (κ3) is 4.46. The summed E-state index contributed by atoms with van der Waals surface area (Å²) in [6.07, 6.45) is 4.04. The van der Waals surface area contributed by atoms with Crippen LogP contribution in [0.25, 0.3) is 28.0 Å². The van der Waals surface area contributed by atoms with Crippen LogP contribution in [-0.2, 0) is 6.42 Å². The lowest BCUT2D eigenvalue weighted by atomic mass is 10.0. The highest BCUT2D eigenvalue weighted by atomic mass is 32.1. The number of fused-ring (bicyclic) bond motifs is 1. The van der Waals surface area contributed by atoms with Crippen LogP contribution < -0.4 is 15.7 Å². The fourth-order valence-electron chi connectivity index (χ4n) is 4.39. The average Bonchev–Trinajstić information content (AvgIpc) is 3.48. The Kier molecular flexibility index (Phi) is 6.01. The van der Waals surface area contributed by atoms with Crippen LogP contribution >= 0.6 is 11.3 Å². The molecule has 0 radical (unpaired) electrons. The number of aryl methyl sites for hydroxylation is 2. The van der Waals surface area contributed by atoms with Gasteiger partial charge in [0.05, 0.1) is 10.2 Å². The Morgan fingerprint density at radius 3 is 2.39 bits per heavy atom. The van der Waals surface area contributed by atoms with Crippen molar-refractivity contribution in [2.45, 2.75) is 20.3 Å². The number of aromatic nitrogens is 5. The number of rotatable bonds is 5.